The number of carbonyl (C=O) groups is 1. The van der Waals surface area contributed by atoms with E-state index in [-0.39, 0.29) is 10.8 Å². The van der Waals surface area contributed by atoms with Crippen LogP contribution >= 0.6 is 10.3 Å². The van der Waals surface area contributed by atoms with E-state index in [0.717, 1.165) is 45.6 Å². The second-order valence-corrected chi connectivity index (χ2v) is 12.3. The van der Waals surface area contributed by atoms with Crippen LogP contribution in [0, 0.1) is 0 Å². The van der Waals surface area contributed by atoms with Gasteiger partial charge in [0, 0.05) is 42.3 Å². The first kappa shape index (κ1) is 21.2. The first-order valence-corrected chi connectivity index (χ1v) is 12.0. The van der Waals surface area contributed by atoms with Crippen molar-refractivity contribution in [1.82, 2.24) is 15.1 Å². The highest BCUT2D eigenvalue weighted by Crippen LogP contribution is 2.53. The summed E-state index contributed by atoms with van der Waals surface area (Å²) in [5.74, 6) is 0. The molecule has 2 amide bonds. The van der Waals surface area contributed by atoms with Crippen LogP contribution in [-0.4, -0.2) is 65.9 Å². The molecule has 0 aromatic heterocycles. The predicted octanol–water partition coefficient (Wildman–Crippen LogP) is 4.08. The summed E-state index contributed by atoms with van der Waals surface area (Å²) in [6, 6.07) is 0.160. The SMILES string of the molecule is CCN1CCN(C2=C(C)C=C(NCCOS(C)(C)C(C)(C)C)CC2)C1=O. The Hall–Kier alpha value is -1.14. The zero-order valence-electron chi connectivity index (χ0n) is 17.6. The van der Waals surface area contributed by atoms with Crippen LogP contribution in [-0.2, 0) is 4.18 Å². The Morgan fingerprint density at radius 3 is 2.46 bits per heavy atom. The lowest BCUT2D eigenvalue weighted by Gasteiger charge is -2.43. The fourth-order valence-corrected chi connectivity index (χ4v) is 3.97. The molecule has 0 bridgehead atoms. The fraction of sp³-hybridized carbons (Fsp3) is 0.750. The van der Waals surface area contributed by atoms with E-state index < -0.39 is 10.3 Å². The topological polar surface area (TPSA) is 44.8 Å². The van der Waals surface area contributed by atoms with Crippen molar-refractivity contribution in [2.45, 2.75) is 52.2 Å². The molecule has 2 aliphatic rings. The van der Waals surface area contributed by atoms with Crippen LogP contribution in [0.5, 0.6) is 0 Å². The minimum absolute atomic E-state index is 0.160. The molecule has 5 nitrogen and oxygen atoms in total. The third-order valence-electron chi connectivity index (χ3n) is 5.59. The Balaban J connectivity index is 1.88. The lowest BCUT2D eigenvalue weighted by Crippen LogP contribution is -2.33. The highest BCUT2D eigenvalue weighted by Gasteiger charge is 2.31. The molecule has 150 valence electrons. The molecule has 0 atom stereocenters. The minimum atomic E-state index is -1.06. The number of hydrogen-bond acceptors (Lipinski definition) is 3. The first-order valence-electron chi connectivity index (χ1n) is 9.64. The molecule has 1 aliphatic heterocycles. The molecular formula is C20H37N3O2S. The standard InChI is InChI=1S/C20H37N3O2S/c1-8-22-12-13-23(19(22)24)18-10-9-17(15-16(18)2)21-11-14-25-26(6,7)20(3,4)5/h15,21H,8-14H2,1-7H3. The Morgan fingerprint density at radius 1 is 1.23 bits per heavy atom. The number of allylic oxidation sites excluding steroid dienone is 4. The summed E-state index contributed by atoms with van der Waals surface area (Å²) in [4.78, 5) is 16.3. The molecule has 26 heavy (non-hydrogen) atoms. The number of carbonyl (C=O) groups excluding carboxylic acids is 1. The number of hydrogen-bond donors (Lipinski definition) is 1. The highest BCUT2D eigenvalue weighted by molar-refractivity contribution is 8.29. The van der Waals surface area contributed by atoms with Crippen LogP contribution in [0.15, 0.2) is 23.0 Å². The van der Waals surface area contributed by atoms with E-state index in [4.69, 9.17) is 4.18 Å². The smallest absolute Gasteiger partial charge is 0.324 e. The average molecular weight is 384 g/mol. The number of rotatable bonds is 7. The van der Waals surface area contributed by atoms with Gasteiger partial charge in [-0.1, -0.05) is 20.8 Å². The number of likely N-dealkylation sites (N-methyl/N-ethyl adjacent to an activating group) is 1. The van der Waals surface area contributed by atoms with Crippen LogP contribution in [0.4, 0.5) is 4.79 Å². The van der Waals surface area contributed by atoms with Gasteiger partial charge in [0.25, 0.3) is 0 Å². The van der Waals surface area contributed by atoms with E-state index in [1.807, 2.05) is 16.7 Å². The third kappa shape index (κ3) is 4.77. The van der Waals surface area contributed by atoms with Gasteiger partial charge in [-0.05, 0) is 50.8 Å². The normalized spacial score (nSPS) is 20.0. The molecule has 0 saturated carbocycles. The number of nitrogens with one attached hydrogen (secondary N) is 1. The van der Waals surface area contributed by atoms with Gasteiger partial charge in [-0.25, -0.2) is 4.79 Å². The summed E-state index contributed by atoms with van der Waals surface area (Å²) in [7, 11) is -1.06. The Labute approximate surface area is 161 Å². The average Bonchev–Trinajstić information content (AvgIpc) is 2.91. The summed E-state index contributed by atoms with van der Waals surface area (Å²) in [6.07, 6.45) is 8.55. The number of amides is 2. The second-order valence-electron chi connectivity index (χ2n) is 8.41. The van der Waals surface area contributed by atoms with Gasteiger partial charge in [-0.2, -0.15) is 0 Å². The van der Waals surface area contributed by atoms with Gasteiger partial charge in [-0.15, -0.1) is 10.3 Å². The van der Waals surface area contributed by atoms with Crippen molar-refractivity contribution in [3.8, 4) is 0 Å². The molecular weight excluding hydrogens is 346 g/mol. The molecule has 1 heterocycles. The molecule has 1 N–H and O–H groups in total. The van der Waals surface area contributed by atoms with Crippen molar-refractivity contribution in [1.29, 1.82) is 0 Å². The molecule has 2 rings (SSSR count). The molecule has 0 radical (unpaired) electrons. The quantitative estimate of drug-likeness (QED) is 0.674. The van der Waals surface area contributed by atoms with Crippen LogP contribution in [0.2, 0.25) is 0 Å². The van der Waals surface area contributed by atoms with E-state index in [1.54, 1.807) is 0 Å². The van der Waals surface area contributed by atoms with Crippen molar-refractivity contribution in [3.05, 3.63) is 23.0 Å². The van der Waals surface area contributed by atoms with E-state index in [2.05, 4.69) is 51.6 Å². The molecule has 0 aromatic carbocycles. The van der Waals surface area contributed by atoms with Crippen molar-refractivity contribution in [2.75, 3.05) is 45.3 Å². The monoisotopic (exact) mass is 383 g/mol. The minimum Gasteiger partial charge on any atom is -0.386 e. The van der Waals surface area contributed by atoms with Crippen LogP contribution in [0.3, 0.4) is 0 Å². The maximum absolute atomic E-state index is 12.4. The summed E-state index contributed by atoms with van der Waals surface area (Å²) < 4.78 is 6.37. The zero-order chi connectivity index (χ0) is 19.5. The summed E-state index contributed by atoms with van der Waals surface area (Å²) >= 11 is 0. The first-order chi connectivity index (χ1) is 12.1. The van der Waals surface area contributed by atoms with Gasteiger partial charge in [-0.3, -0.25) is 4.90 Å². The van der Waals surface area contributed by atoms with Crippen molar-refractivity contribution in [2.24, 2.45) is 0 Å². The van der Waals surface area contributed by atoms with Gasteiger partial charge >= 0.3 is 6.03 Å². The molecule has 1 saturated heterocycles. The van der Waals surface area contributed by atoms with E-state index >= 15 is 0 Å². The zero-order valence-corrected chi connectivity index (χ0v) is 18.5. The Morgan fingerprint density at radius 2 is 1.92 bits per heavy atom. The molecule has 1 fully saturated rings. The van der Waals surface area contributed by atoms with Crippen molar-refractivity contribution < 1.29 is 8.98 Å². The van der Waals surface area contributed by atoms with Crippen molar-refractivity contribution in [3.63, 3.8) is 0 Å². The second kappa shape index (κ2) is 8.26. The largest absolute Gasteiger partial charge is 0.386 e. The molecule has 6 heteroatoms. The third-order valence-corrected chi connectivity index (χ3v) is 9.29. The Kier molecular flexibility index (Phi) is 6.72. The van der Waals surface area contributed by atoms with Gasteiger partial charge in [0.15, 0.2) is 0 Å². The van der Waals surface area contributed by atoms with Crippen LogP contribution < -0.4 is 5.32 Å². The molecule has 1 aliphatic carbocycles. The Bertz CT molecular complexity index is 590. The lowest BCUT2D eigenvalue weighted by molar-refractivity contribution is 0.200. The highest BCUT2D eigenvalue weighted by atomic mass is 32.3. The summed E-state index contributed by atoms with van der Waals surface area (Å²) in [5.41, 5.74) is 3.63. The summed E-state index contributed by atoms with van der Waals surface area (Å²) in [5, 5.41) is 3.52. The van der Waals surface area contributed by atoms with E-state index in [1.165, 1.54) is 17.0 Å². The summed E-state index contributed by atoms with van der Waals surface area (Å²) in [6.45, 7) is 14.9. The van der Waals surface area contributed by atoms with Crippen LogP contribution in [0.25, 0.3) is 0 Å². The van der Waals surface area contributed by atoms with Gasteiger partial charge in [0.05, 0.1) is 6.61 Å². The van der Waals surface area contributed by atoms with Gasteiger partial charge < -0.3 is 14.4 Å². The van der Waals surface area contributed by atoms with E-state index in [9.17, 15) is 4.79 Å². The van der Waals surface area contributed by atoms with Crippen LogP contribution in [0.1, 0.15) is 47.5 Å². The number of urea groups is 1. The lowest BCUT2D eigenvalue weighted by atomic mass is 10.0. The van der Waals surface area contributed by atoms with Crippen molar-refractivity contribution >= 4 is 16.3 Å². The maximum atomic E-state index is 12.4. The molecule has 0 spiro atoms. The number of nitrogens with zero attached hydrogens (tertiary/aromatic N) is 2. The van der Waals surface area contributed by atoms with E-state index in [0.29, 0.717) is 0 Å². The fourth-order valence-electron chi connectivity index (χ4n) is 3.12. The predicted molar refractivity (Wildman–Crippen MR) is 113 cm³/mol. The maximum Gasteiger partial charge on any atom is 0.324 e. The van der Waals surface area contributed by atoms with Gasteiger partial charge in [0.1, 0.15) is 0 Å². The molecule has 0 aromatic rings. The molecule has 0 unspecified atom stereocenters. The van der Waals surface area contributed by atoms with Gasteiger partial charge in [0.2, 0.25) is 0 Å².